The molecule has 378 valence electrons. The highest BCUT2D eigenvalue weighted by atomic mass is 16.5. The van der Waals surface area contributed by atoms with Crippen LogP contribution in [0.4, 0.5) is 0 Å². The first kappa shape index (κ1) is 62.3. The van der Waals surface area contributed by atoms with Crippen molar-refractivity contribution in [2.45, 2.75) is 321 Å². The number of aliphatic hydroxyl groups is 2. The van der Waals surface area contributed by atoms with Gasteiger partial charge in [0, 0.05) is 12.8 Å². The molecule has 6 heteroatoms. The van der Waals surface area contributed by atoms with Crippen molar-refractivity contribution in [3.8, 4) is 0 Å². The molecule has 0 aliphatic rings. The van der Waals surface area contributed by atoms with E-state index >= 15 is 0 Å². The Hall–Kier alpha value is -1.66. The van der Waals surface area contributed by atoms with E-state index in [9.17, 15) is 19.8 Å². The number of hydrogen-bond donors (Lipinski definition) is 3. The Kier molecular flexibility index (Phi) is 52.6. The minimum absolute atomic E-state index is 0.000850. The highest BCUT2D eigenvalue weighted by molar-refractivity contribution is 5.76. The van der Waals surface area contributed by atoms with Gasteiger partial charge in [-0.15, -0.1) is 0 Å². The Balaban J connectivity index is 3.48. The van der Waals surface area contributed by atoms with Crippen LogP contribution < -0.4 is 5.32 Å². The molecule has 0 spiro atoms. The van der Waals surface area contributed by atoms with E-state index in [1.807, 2.05) is 6.08 Å². The van der Waals surface area contributed by atoms with Gasteiger partial charge in [0.1, 0.15) is 0 Å². The topological polar surface area (TPSA) is 95.9 Å². The van der Waals surface area contributed by atoms with Crippen LogP contribution in [0.2, 0.25) is 0 Å². The lowest BCUT2D eigenvalue weighted by Crippen LogP contribution is -2.45. The van der Waals surface area contributed by atoms with Crippen molar-refractivity contribution in [1.82, 2.24) is 5.32 Å². The van der Waals surface area contributed by atoms with Crippen LogP contribution in [0.25, 0.3) is 0 Å². The summed E-state index contributed by atoms with van der Waals surface area (Å²) < 4.78 is 5.47. The number of unbranched alkanes of at least 4 members (excludes halogenated alkanes) is 40. The van der Waals surface area contributed by atoms with Crippen LogP contribution in [0.1, 0.15) is 309 Å². The van der Waals surface area contributed by atoms with E-state index < -0.39 is 12.1 Å². The Labute approximate surface area is 399 Å². The fraction of sp³-hybridized carbons (Fsp3) is 0.897. The highest BCUT2D eigenvalue weighted by Gasteiger charge is 2.18. The first-order valence-electron chi connectivity index (χ1n) is 28.6. The molecule has 6 nitrogen and oxygen atoms in total. The minimum atomic E-state index is -0.854. The number of nitrogens with one attached hydrogen (secondary N) is 1. The van der Waals surface area contributed by atoms with E-state index in [1.165, 1.54) is 218 Å². The zero-order valence-electron chi connectivity index (χ0n) is 43.0. The lowest BCUT2D eigenvalue weighted by Gasteiger charge is -2.20. The predicted octanol–water partition coefficient (Wildman–Crippen LogP) is 17.5. The lowest BCUT2D eigenvalue weighted by molar-refractivity contribution is -0.143. The van der Waals surface area contributed by atoms with E-state index in [4.69, 9.17) is 4.74 Å². The zero-order chi connectivity index (χ0) is 46.5. The summed E-state index contributed by atoms with van der Waals surface area (Å²) in [6, 6.07) is -0.639. The number of rotatable bonds is 53. The molecule has 0 aromatic rings. The number of carbonyl (C=O) groups is 2. The first-order chi connectivity index (χ1) is 31.5. The summed E-state index contributed by atoms with van der Waals surface area (Å²) in [6.07, 6.45) is 64.8. The van der Waals surface area contributed by atoms with Gasteiger partial charge in [0.15, 0.2) is 0 Å². The number of hydrogen-bond acceptors (Lipinski definition) is 5. The molecular weight excluding hydrogens is 791 g/mol. The monoisotopic (exact) mass is 902 g/mol. The molecule has 0 fully saturated rings. The summed E-state index contributed by atoms with van der Waals surface area (Å²) >= 11 is 0. The fourth-order valence-electron chi connectivity index (χ4n) is 8.81. The van der Waals surface area contributed by atoms with Gasteiger partial charge in [-0.05, 0) is 57.8 Å². The summed E-state index contributed by atoms with van der Waals surface area (Å²) in [5, 5.41) is 23.1. The fourth-order valence-corrected chi connectivity index (χ4v) is 8.81. The Bertz CT molecular complexity index is 997. The van der Waals surface area contributed by atoms with Crippen LogP contribution in [-0.4, -0.2) is 47.4 Å². The Morgan fingerprint density at radius 1 is 0.422 bits per heavy atom. The van der Waals surface area contributed by atoms with Crippen molar-refractivity contribution in [3.05, 3.63) is 24.3 Å². The predicted molar refractivity (Wildman–Crippen MR) is 278 cm³/mol. The van der Waals surface area contributed by atoms with Gasteiger partial charge >= 0.3 is 5.97 Å². The number of amides is 1. The third-order valence-corrected chi connectivity index (χ3v) is 13.2. The molecule has 0 aliphatic heterocycles. The molecule has 0 saturated heterocycles. The molecule has 64 heavy (non-hydrogen) atoms. The number of aliphatic hydroxyl groups excluding tert-OH is 2. The molecule has 0 radical (unpaired) electrons. The van der Waals surface area contributed by atoms with Crippen molar-refractivity contribution in [1.29, 1.82) is 0 Å². The van der Waals surface area contributed by atoms with Crippen LogP contribution >= 0.6 is 0 Å². The van der Waals surface area contributed by atoms with Gasteiger partial charge in [0.25, 0.3) is 0 Å². The second-order valence-electron chi connectivity index (χ2n) is 19.6. The van der Waals surface area contributed by atoms with E-state index in [0.717, 1.165) is 64.2 Å². The number of allylic oxidation sites excluding steroid dienone is 3. The van der Waals surface area contributed by atoms with Crippen molar-refractivity contribution < 1.29 is 24.5 Å². The Morgan fingerprint density at radius 2 is 0.734 bits per heavy atom. The third-order valence-electron chi connectivity index (χ3n) is 13.2. The maximum atomic E-state index is 12.4. The molecule has 3 N–H and O–H groups in total. The summed E-state index contributed by atoms with van der Waals surface area (Å²) in [5.74, 6) is -0.0844. The first-order valence-corrected chi connectivity index (χ1v) is 28.6. The van der Waals surface area contributed by atoms with Crippen LogP contribution in [0.5, 0.6) is 0 Å². The quantitative estimate of drug-likeness (QED) is 0.0321. The molecule has 0 aromatic carbocycles. The van der Waals surface area contributed by atoms with Crippen LogP contribution in [-0.2, 0) is 14.3 Å². The average molecular weight is 903 g/mol. The van der Waals surface area contributed by atoms with Gasteiger partial charge in [-0.3, -0.25) is 9.59 Å². The minimum Gasteiger partial charge on any atom is -0.466 e. The van der Waals surface area contributed by atoms with Crippen molar-refractivity contribution >= 4 is 11.9 Å². The highest BCUT2D eigenvalue weighted by Crippen LogP contribution is 2.16. The van der Waals surface area contributed by atoms with Crippen LogP contribution in [0.15, 0.2) is 24.3 Å². The van der Waals surface area contributed by atoms with Gasteiger partial charge in [-0.1, -0.05) is 263 Å². The normalized spacial score (nSPS) is 12.8. The lowest BCUT2D eigenvalue weighted by atomic mass is 10.0. The van der Waals surface area contributed by atoms with Crippen LogP contribution in [0, 0.1) is 0 Å². The maximum absolute atomic E-state index is 12.4. The van der Waals surface area contributed by atoms with Gasteiger partial charge in [-0.25, -0.2) is 0 Å². The maximum Gasteiger partial charge on any atom is 0.305 e. The second-order valence-corrected chi connectivity index (χ2v) is 19.6. The van der Waals surface area contributed by atoms with Crippen LogP contribution in [0.3, 0.4) is 0 Å². The molecule has 0 rings (SSSR count). The molecule has 0 saturated carbocycles. The van der Waals surface area contributed by atoms with Gasteiger partial charge in [0.05, 0.1) is 25.4 Å². The number of esters is 1. The molecule has 2 unspecified atom stereocenters. The second kappa shape index (κ2) is 54.0. The van der Waals surface area contributed by atoms with E-state index in [-0.39, 0.29) is 18.5 Å². The molecule has 0 bridgehead atoms. The summed E-state index contributed by atoms with van der Waals surface area (Å²) in [7, 11) is 0. The average Bonchev–Trinajstić information content (AvgIpc) is 3.29. The smallest absolute Gasteiger partial charge is 0.305 e. The summed E-state index contributed by atoms with van der Waals surface area (Å²) in [5.41, 5.74) is 0. The number of ether oxygens (including phenoxy) is 1. The van der Waals surface area contributed by atoms with Crippen molar-refractivity contribution in [3.63, 3.8) is 0 Å². The van der Waals surface area contributed by atoms with Gasteiger partial charge < -0.3 is 20.3 Å². The molecule has 0 aromatic heterocycles. The Morgan fingerprint density at radius 3 is 1.11 bits per heavy atom. The zero-order valence-corrected chi connectivity index (χ0v) is 43.0. The molecule has 0 aliphatic carbocycles. The van der Waals surface area contributed by atoms with Gasteiger partial charge in [0.2, 0.25) is 5.91 Å². The molecular formula is C58H111NO5. The molecule has 1 amide bonds. The van der Waals surface area contributed by atoms with Crippen molar-refractivity contribution in [2.24, 2.45) is 0 Å². The van der Waals surface area contributed by atoms with E-state index in [2.05, 4.69) is 31.3 Å². The summed E-state index contributed by atoms with van der Waals surface area (Å²) in [4.78, 5) is 24.5. The largest absolute Gasteiger partial charge is 0.466 e. The van der Waals surface area contributed by atoms with E-state index in [1.54, 1.807) is 6.08 Å². The SMILES string of the molecule is CCCCCCCCCCCCCCCC/C=C/C(O)C(CO)NC(=O)CCCCCCC/C=C\CCCCCCCCCOC(=O)CCCCCCCCCCCCCCCCC. The molecule has 0 heterocycles. The van der Waals surface area contributed by atoms with E-state index in [0.29, 0.717) is 19.4 Å². The van der Waals surface area contributed by atoms with Crippen molar-refractivity contribution in [2.75, 3.05) is 13.2 Å². The number of carbonyl (C=O) groups excluding carboxylic acids is 2. The third kappa shape index (κ3) is 49.8. The van der Waals surface area contributed by atoms with Gasteiger partial charge in [-0.2, -0.15) is 0 Å². The summed E-state index contributed by atoms with van der Waals surface area (Å²) in [6.45, 7) is 4.89. The standard InChI is InChI=1S/C58H111NO5/c1-3-5-7-9-11-13-15-17-19-23-26-30-34-38-42-46-50-56(61)55(54-60)59-57(62)51-47-43-39-35-31-27-24-20-21-25-29-33-37-41-45-49-53-64-58(63)52-48-44-40-36-32-28-22-18-16-14-12-10-8-6-4-2/h20,24,46,50,55-56,60-61H,3-19,21-23,25-45,47-49,51-54H2,1-2H3,(H,59,62)/b24-20-,50-46+. The molecule has 2 atom stereocenters.